The lowest BCUT2D eigenvalue weighted by molar-refractivity contribution is 0.105. The van der Waals surface area contributed by atoms with Crippen LogP contribution < -0.4 is 4.90 Å². The molecule has 1 aromatic heterocycles. The monoisotopic (exact) mass is 341 g/mol. The number of aliphatic hydroxyl groups is 1. The van der Waals surface area contributed by atoms with E-state index in [2.05, 4.69) is 22.0 Å². The van der Waals surface area contributed by atoms with Crippen LogP contribution in [0.15, 0.2) is 42.6 Å². The number of rotatable bonds is 4. The minimum Gasteiger partial charge on any atom is -0.396 e. The lowest BCUT2D eigenvalue weighted by atomic mass is 9.75. The normalized spacial score (nSPS) is 20.6. The average Bonchev–Trinajstić information content (AvgIpc) is 2.62. The third-order valence-electron chi connectivity index (χ3n) is 4.66. The van der Waals surface area contributed by atoms with Gasteiger partial charge in [-0.15, -0.1) is 0 Å². The highest BCUT2D eigenvalue weighted by molar-refractivity contribution is 6.30. The maximum Gasteiger partial charge on any atom is 0.129 e. The second-order valence-corrected chi connectivity index (χ2v) is 6.94. The highest BCUT2D eigenvalue weighted by Crippen LogP contribution is 2.35. The molecule has 4 nitrogen and oxygen atoms in total. The van der Waals surface area contributed by atoms with Gasteiger partial charge >= 0.3 is 0 Å². The van der Waals surface area contributed by atoms with Gasteiger partial charge in [-0.05, 0) is 49.1 Å². The molecule has 1 aromatic carbocycles. The fourth-order valence-electron chi connectivity index (χ4n) is 3.47. The van der Waals surface area contributed by atoms with Crippen LogP contribution in [0, 0.1) is 16.7 Å². The Hall–Kier alpha value is -2.09. The van der Waals surface area contributed by atoms with Crippen LogP contribution in [0.2, 0.25) is 5.02 Å². The van der Waals surface area contributed by atoms with Crippen LogP contribution in [0.25, 0.3) is 0 Å². The summed E-state index contributed by atoms with van der Waals surface area (Å²) in [5.41, 5.74) is 1.53. The number of aromatic nitrogens is 1. The SMILES string of the molecule is N#Cc1ccnc(N2CCC[C@](CO)(Cc3cccc(Cl)c3)C2)c1. The zero-order chi connectivity index (χ0) is 17.0. The van der Waals surface area contributed by atoms with Crippen LogP contribution in [-0.4, -0.2) is 29.8 Å². The smallest absolute Gasteiger partial charge is 0.129 e. The van der Waals surface area contributed by atoms with E-state index >= 15 is 0 Å². The number of nitriles is 1. The minimum absolute atomic E-state index is 0.119. The number of aliphatic hydroxyl groups excluding tert-OH is 1. The first-order valence-corrected chi connectivity index (χ1v) is 8.48. The highest BCUT2D eigenvalue weighted by atomic mass is 35.5. The molecular formula is C19H20ClN3O. The van der Waals surface area contributed by atoms with Crippen LogP contribution in [-0.2, 0) is 6.42 Å². The summed E-state index contributed by atoms with van der Waals surface area (Å²) in [5, 5.41) is 19.9. The third-order valence-corrected chi connectivity index (χ3v) is 4.90. The van der Waals surface area contributed by atoms with E-state index in [4.69, 9.17) is 16.9 Å². The summed E-state index contributed by atoms with van der Waals surface area (Å²) in [6.45, 7) is 1.73. The van der Waals surface area contributed by atoms with Crippen LogP contribution in [0.4, 0.5) is 5.82 Å². The fraction of sp³-hybridized carbons (Fsp3) is 0.368. The van der Waals surface area contributed by atoms with Crippen molar-refractivity contribution >= 4 is 17.4 Å². The molecule has 1 aliphatic heterocycles. The average molecular weight is 342 g/mol. The van der Waals surface area contributed by atoms with E-state index < -0.39 is 0 Å². The van der Waals surface area contributed by atoms with Gasteiger partial charge in [-0.25, -0.2) is 4.98 Å². The molecule has 0 unspecified atom stereocenters. The van der Waals surface area contributed by atoms with Gasteiger partial charge in [-0.3, -0.25) is 0 Å². The predicted octanol–water partition coefficient (Wildman–Crippen LogP) is 3.43. The molecular weight excluding hydrogens is 322 g/mol. The molecule has 0 bridgehead atoms. The van der Waals surface area contributed by atoms with Crippen molar-refractivity contribution in [3.05, 3.63) is 58.7 Å². The Morgan fingerprint density at radius 2 is 2.21 bits per heavy atom. The number of halogens is 1. The van der Waals surface area contributed by atoms with E-state index in [0.717, 1.165) is 48.8 Å². The second kappa shape index (κ2) is 7.21. The molecule has 124 valence electrons. The summed E-state index contributed by atoms with van der Waals surface area (Å²) >= 11 is 6.10. The van der Waals surface area contributed by atoms with Crippen molar-refractivity contribution in [1.29, 1.82) is 5.26 Å². The van der Waals surface area contributed by atoms with Crippen molar-refractivity contribution in [1.82, 2.24) is 4.98 Å². The molecule has 3 rings (SSSR count). The number of nitrogens with zero attached hydrogens (tertiary/aromatic N) is 3. The molecule has 1 atom stereocenters. The second-order valence-electron chi connectivity index (χ2n) is 6.50. The third kappa shape index (κ3) is 3.69. The molecule has 1 saturated heterocycles. The Morgan fingerprint density at radius 3 is 2.96 bits per heavy atom. The number of hydrogen-bond donors (Lipinski definition) is 1. The van der Waals surface area contributed by atoms with Gasteiger partial charge in [0.1, 0.15) is 5.82 Å². The van der Waals surface area contributed by atoms with Crippen molar-refractivity contribution in [2.75, 3.05) is 24.6 Å². The zero-order valence-corrected chi connectivity index (χ0v) is 14.2. The summed E-state index contributed by atoms with van der Waals surface area (Å²) in [5.74, 6) is 0.803. The Morgan fingerprint density at radius 1 is 1.33 bits per heavy atom. The lowest BCUT2D eigenvalue weighted by Crippen LogP contribution is -2.47. The predicted molar refractivity (Wildman–Crippen MR) is 95.1 cm³/mol. The molecule has 0 saturated carbocycles. The topological polar surface area (TPSA) is 60.2 Å². The maximum atomic E-state index is 10.1. The summed E-state index contributed by atoms with van der Waals surface area (Å²) in [7, 11) is 0. The van der Waals surface area contributed by atoms with Crippen molar-refractivity contribution in [2.24, 2.45) is 5.41 Å². The van der Waals surface area contributed by atoms with E-state index in [-0.39, 0.29) is 12.0 Å². The number of benzene rings is 1. The van der Waals surface area contributed by atoms with Crippen LogP contribution in [0.1, 0.15) is 24.0 Å². The quantitative estimate of drug-likeness (QED) is 0.925. The van der Waals surface area contributed by atoms with E-state index in [1.54, 1.807) is 12.3 Å². The molecule has 0 spiro atoms. The van der Waals surface area contributed by atoms with Gasteiger partial charge in [-0.1, -0.05) is 23.7 Å². The number of hydrogen-bond acceptors (Lipinski definition) is 4. The molecule has 0 radical (unpaired) electrons. The van der Waals surface area contributed by atoms with Gasteiger partial charge in [0.15, 0.2) is 0 Å². The van der Waals surface area contributed by atoms with Crippen molar-refractivity contribution in [2.45, 2.75) is 19.3 Å². The molecule has 0 amide bonds. The van der Waals surface area contributed by atoms with Crippen molar-refractivity contribution in [3.8, 4) is 6.07 Å². The molecule has 5 heteroatoms. The van der Waals surface area contributed by atoms with Gasteiger partial charge in [0.2, 0.25) is 0 Å². The molecule has 24 heavy (non-hydrogen) atoms. The maximum absolute atomic E-state index is 10.1. The Labute approximate surface area is 147 Å². The van der Waals surface area contributed by atoms with E-state index in [1.165, 1.54) is 0 Å². The first kappa shape index (κ1) is 16.8. The van der Waals surface area contributed by atoms with Gasteiger partial charge in [0, 0.05) is 29.7 Å². The van der Waals surface area contributed by atoms with E-state index in [1.807, 2.05) is 24.3 Å². The number of pyridine rings is 1. The van der Waals surface area contributed by atoms with Crippen LogP contribution in [0.3, 0.4) is 0 Å². The summed E-state index contributed by atoms with van der Waals surface area (Å²) in [6, 6.07) is 13.5. The first-order valence-electron chi connectivity index (χ1n) is 8.11. The summed E-state index contributed by atoms with van der Waals surface area (Å²) < 4.78 is 0. The molecule has 1 aliphatic rings. The van der Waals surface area contributed by atoms with Crippen molar-refractivity contribution in [3.63, 3.8) is 0 Å². The number of anilines is 1. The molecule has 1 N–H and O–H groups in total. The Balaban J connectivity index is 1.82. The van der Waals surface area contributed by atoms with Crippen molar-refractivity contribution < 1.29 is 5.11 Å². The van der Waals surface area contributed by atoms with Gasteiger partial charge in [0.25, 0.3) is 0 Å². The highest BCUT2D eigenvalue weighted by Gasteiger charge is 2.35. The Bertz CT molecular complexity index is 758. The van der Waals surface area contributed by atoms with Crippen LogP contribution >= 0.6 is 11.6 Å². The Kier molecular flexibility index (Phi) is 5.03. The summed E-state index contributed by atoms with van der Waals surface area (Å²) in [4.78, 5) is 6.58. The minimum atomic E-state index is -0.215. The fourth-order valence-corrected chi connectivity index (χ4v) is 3.69. The van der Waals surface area contributed by atoms with Gasteiger partial charge in [-0.2, -0.15) is 5.26 Å². The van der Waals surface area contributed by atoms with E-state index in [9.17, 15) is 5.11 Å². The molecule has 0 aliphatic carbocycles. The number of piperidine rings is 1. The molecule has 2 heterocycles. The standard InChI is InChI=1S/C19H20ClN3O/c20-17-4-1-3-15(9-17)11-19(14-24)6-2-8-23(13-19)18-10-16(12-21)5-7-22-18/h1,3-5,7,9-10,24H,2,6,8,11,13-14H2/t19-/m0/s1. The van der Waals surface area contributed by atoms with Crippen LogP contribution in [0.5, 0.6) is 0 Å². The van der Waals surface area contributed by atoms with Gasteiger partial charge < -0.3 is 10.0 Å². The lowest BCUT2D eigenvalue weighted by Gasteiger charge is -2.42. The summed E-state index contributed by atoms with van der Waals surface area (Å²) in [6.07, 6.45) is 4.39. The van der Waals surface area contributed by atoms with E-state index in [0.29, 0.717) is 5.56 Å². The molecule has 2 aromatic rings. The zero-order valence-electron chi connectivity index (χ0n) is 13.5. The van der Waals surface area contributed by atoms with Gasteiger partial charge in [0.05, 0.1) is 18.2 Å². The largest absolute Gasteiger partial charge is 0.396 e. The first-order chi connectivity index (χ1) is 11.6. The molecule has 1 fully saturated rings.